The van der Waals surface area contributed by atoms with E-state index in [1.165, 1.54) is 4.90 Å². The predicted octanol–water partition coefficient (Wildman–Crippen LogP) is 1.63. The van der Waals surface area contributed by atoms with E-state index < -0.39 is 11.5 Å². The van der Waals surface area contributed by atoms with Crippen molar-refractivity contribution in [1.29, 1.82) is 0 Å². The van der Waals surface area contributed by atoms with Crippen molar-refractivity contribution >= 4 is 11.9 Å². The number of hydrogen-bond donors (Lipinski definition) is 2. The van der Waals surface area contributed by atoms with Gasteiger partial charge in [0.15, 0.2) is 0 Å². The van der Waals surface area contributed by atoms with Gasteiger partial charge in [-0.1, -0.05) is 29.8 Å². The molecule has 1 amide bonds. The van der Waals surface area contributed by atoms with Crippen molar-refractivity contribution in [1.82, 2.24) is 4.90 Å². The molecule has 0 saturated carbocycles. The number of hydrogen-bond acceptors (Lipinski definition) is 4. The van der Waals surface area contributed by atoms with Crippen LogP contribution in [-0.4, -0.2) is 40.5 Å². The number of carboxylic acid groups (broad SMARTS) is 1. The molecular formula is C15H20N4O3. The van der Waals surface area contributed by atoms with Crippen LogP contribution in [0.5, 0.6) is 0 Å². The van der Waals surface area contributed by atoms with Gasteiger partial charge in [0.1, 0.15) is 0 Å². The zero-order valence-electron chi connectivity index (χ0n) is 12.7. The summed E-state index contributed by atoms with van der Waals surface area (Å²) >= 11 is 0. The summed E-state index contributed by atoms with van der Waals surface area (Å²) in [6.07, 6.45) is 0.572. The number of aryl methyl sites for hydroxylation is 1. The van der Waals surface area contributed by atoms with E-state index in [1.807, 2.05) is 26.0 Å². The van der Waals surface area contributed by atoms with Crippen molar-refractivity contribution < 1.29 is 14.7 Å². The standard InChI is InChI=1S/C15H20N4O3/c1-3-12-8-19(9-15(12,14(21)22)17-18-16)13(20)11-6-4-10(2)5-7-11/h4-7,12H,3,8-9H2,1-2H3,(H2,16,17)(H,21,22)/t12-,15-/m0/s1. The fraction of sp³-hybridized carbons (Fsp3) is 0.467. The van der Waals surface area contributed by atoms with Gasteiger partial charge in [-0.25, -0.2) is 4.79 Å². The first-order valence-corrected chi connectivity index (χ1v) is 7.16. The van der Waals surface area contributed by atoms with Gasteiger partial charge < -0.3 is 15.8 Å². The Labute approximate surface area is 128 Å². The molecule has 1 aliphatic heterocycles. The Hall–Kier alpha value is -2.44. The van der Waals surface area contributed by atoms with Crippen molar-refractivity contribution in [3.63, 3.8) is 0 Å². The zero-order chi connectivity index (χ0) is 16.3. The molecule has 0 bridgehead atoms. The van der Waals surface area contributed by atoms with Crippen LogP contribution < -0.4 is 5.84 Å². The van der Waals surface area contributed by atoms with E-state index in [1.54, 1.807) is 12.1 Å². The van der Waals surface area contributed by atoms with Gasteiger partial charge in [0.05, 0.1) is 6.54 Å². The Morgan fingerprint density at radius 2 is 2.05 bits per heavy atom. The molecule has 0 aromatic heterocycles. The lowest BCUT2D eigenvalue weighted by Crippen LogP contribution is -2.45. The van der Waals surface area contributed by atoms with Crippen molar-refractivity contribution in [3.05, 3.63) is 35.4 Å². The van der Waals surface area contributed by atoms with E-state index in [4.69, 9.17) is 5.84 Å². The first-order chi connectivity index (χ1) is 10.4. The first kappa shape index (κ1) is 15.9. The van der Waals surface area contributed by atoms with E-state index >= 15 is 0 Å². The Balaban J connectivity index is 2.29. The fourth-order valence-corrected chi connectivity index (χ4v) is 2.90. The highest BCUT2D eigenvalue weighted by atomic mass is 16.4. The van der Waals surface area contributed by atoms with E-state index in [-0.39, 0.29) is 18.4 Å². The van der Waals surface area contributed by atoms with E-state index in [9.17, 15) is 14.7 Å². The number of carboxylic acids is 1. The minimum Gasteiger partial charge on any atom is -0.479 e. The summed E-state index contributed by atoms with van der Waals surface area (Å²) in [6.45, 7) is 4.12. The summed E-state index contributed by atoms with van der Waals surface area (Å²) in [6, 6.07) is 7.18. The summed E-state index contributed by atoms with van der Waals surface area (Å²) in [4.78, 5) is 25.8. The molecule has 7 nitrogen and oxygen atoms in total. The van der Waals surface area contributed by atoms with Crippen LogP contribution in [0.4, 0.5) is 0 Å². The molecule has 1 fully saturated rings. The number of likely N-dealkylation sites (tertiary alicyclic amines) is 1. The highest BCUT2D eigenvalue weighted by Crippen LogP contribution is 2.35. The zero-order valence-corrected chi connectivity index (χ0v) is 12.7. The molecule has 22 heavy (non-hydrogen) atoms. The number of nitrogens with zero attached hydrogens (tertiary/aromatic N) is 3. The van der Waals surface area contributed by atoms with E-state index in [0.717, 1.165) is 5.56 Å². The molecule has 1 aromatic rings. The highest BCUT2D eigenvalue weighted by Gasteiger charge is 2.54. The molecule has 2 rings (SSSR count). The average molecular weight is 304 g/mol. The van der Waals surface area contributed by atoms with Crippen molar-refractivity contribution in [3.8, 4) is 0 Å². The Kier molecular flexibility index (Phi) is 4.44. The molecular weight excluding hydrogens is 284 g/mol. The summed E-state index contributed by atoms with van der Waals surface area (Å²) in [5.74, 6) is 3.47. The van der Waals surface area contributed by atoms with Crippen LogP contribution in [0.1, 0.15) is 29.3 Å². The van der Waals surface area contributed by atoms with Gasteiger partial charge in [0.25, 0.3) is 5.91 Å². The normalized spacial score (nSPS) is 24.8. The van der Waals surface area contributed by atoms with Crippen LogP contribution in [0.2, 0.25) is 0 Å². The number of aliphatic carboxylic acids is 1. The van der Waals surface area contributed by atoms with Crippen LogP contribution in [0.3, 0.4) is 0 Å². The Morgan fingerprint density at radius 3 is 2.55 bits per heavy atom. The van der Waals surface area contributed by atoms with Crippen molar-refractivity contribution in [2.75, 3.05) is 13.1 Å². The highest BCUT2D eigenvalue weighted by molar-refractivity contribution is 5.95. The van der Waals surface area contributed by atoms with Gasteiger partial charge in [-0.3, -0.25) is 4.79 Å². The Bertz CT molecular complexity index is 599. The third-order valence-electron chi connectivity index (χ3n) is 4.23. The molecule has 7 heteroatoms. The lowest BCUT2D eigenvalue weighted by molar-refractivity contribution is -0.144. The van der Waals surface area contributed by atoms with Gasteiger partial charge in [0, 0.05) is 18.0 Å². The maximum absolute atomic E-state index is 12.6. The van der Waals surface area contributed by atoms with Crippen LogP contribution in [-0.2, 0) is 4.79 Å². The van der Waals surface area contributed by atoms with Crippen LogP contribution >= 0.6 is 0 Å². The summed E-state index contributed by atoms with van der Waals surface area (Å²) in [5.41, 5.74) is 0.136. The molecule has 1 aliphatic rings. The maximum Gasteiger partial charge on any atom is 0.335 e. The van der Waals surface area contributed by atoms with Gasteiger partial charge in [-0.05, 0) is 25.5 Å². The van der Waals surface area contributed by atoms with Gasteiger partial charge in [0.2, 0.25) is 5.54 Å². The lowest BCUT2D eigenvalue weighted by Gasteiger charge is -2.22. The molecule has 118 valence electrons. The van der Waals surface area contributed by atoms with Gasteiger partial charge >= 0.3 is 5.97 Å². The second-order valence-corrected chi connectivity index (χ2v) is 5.60. The second-order valence-electron chi connectivity index (χ2n) is 5.60. The minimum absolute atomic E-state index is 0.0196. The van der Waals surface area contributed by atoms with Crippen LogP contribution in [0, 0.1) is 12.8 Å². The number of carbonyl (C=O) groups excluding carboxylic acids is 1. The molecule has 3 N–H and O–H groups in total. The number of nitrogens with two attached hydrogens (primary N) is 1. The molecule has 2 atom stereocenters. The fourth-order valence-electron chi connectivity index (χ4n) is 2.90. The van der Waals surface area contributed by atoms with E-state index in [2.05, 4.69) is 10.3 Å². The van der Waals surface area contributed by atoms with Gasteiger partial charge in [-0.2, -0.15) is 5.11 Å². The summed E-state index contributed by atoms with van der Waals surface area (Å²) < 4.78 is 0. The summed E-state index contributed by atoms with van der Waals surface area (Å²) in [5, 5.41) is 16.5. The number of benzene rings is 1. The molecule has 0 aliphatic carbocycles. The third kappa shape index (κ3) is 2.66. The first-order valence-electron chi connectivity index (χ1n) is 7.16. The molecule has 0 radical (unpaired) electrons. The number of rotatable bonds is 4. The Morgan fingerprint density at radius 1 is 1.41 bits per heavy atom. The quantitative estimate of drug-likeness (QED) is 0.500. The van der Waals surface area contributed by atoms with E-state index in [0.29, 0.717) is 18.5 Å². The average Bonchev–Trinajstić information content (AvgIpc) is 2.88. The lowest BCUT2D eigenvalue weighted by atomic mass is 9.86. The molecule has 1 heterocycles. The third-order valence-corrected chi connectivity index (χ3v) is 4.23. The smallest absolute Gasteiger partial charge is 0.335 e. The predicted molar refractivity (Wildman–Crippen MR) is 80.3 cm³/mol. The largest absolute Gasteiger partial charge is 0.479 e. The number of amides is 1. The van der Waals surface area contributed by atoms with Crippen LogP contribution in [0.25, 0.3) is 0 Å². The summed E-state index contributed by atoms with van der Waals surface area (Å²) in [7, 11) is 0. The monoisotopic (exact) mass is 304 g/mol. The topological polar surface area (TPSA) is 108 Å². The molecule has 1 saturated heterocycles. The van der Waals surface area contributed by atoms with Crippen molar-refractivity contribution in [2.45, 2.75) is 25.8 Å². The molecule has 0 unspecified atom stereocenters. The van der Waals surface area contributed by atoms with Crippen LogP contribution in [0.15, 0.2) is 34.6 Å². The second kappa shape index (κ2) is 6.13. The number of carbonyl (C=O) groups is 2. The molecule has 0 spiro atoms. The van der Waals surface area contributed by atoms with Crippen molar-refractivity contribution in [2.24, 2.45) is 22.1 Å². The SMILES string of the molecule is CC[C@H]1CN(C(=O)c2ccc(C)cc2)C[C@@]1(N=NN)C(=O)O. The minimum atomic E-state index is -1.45. The maximum atomic E-state index is 12.6. The molecule has 1 aromatic carbocycles. The van der Waals surface area contributed by atoms with Gasteiger partial charge in [-0.15, -0.1) is 0 Å².